The lowest BCUT2D eigenvalue weighted by molar-refractivity contribution is -0.656. The Hall–Kier alpha value is -0.320. The van der Waals surface area contributed by atoms with Crippen LogP contribution in [0.5, 0.6) is 0 Å². The van der Waals surface area contributed by atoms with Crippen LogP contribution in [0.2, 0.25) is 0 Å². The second-order valence-electron chi connectivity index (χ2n) is 6.00. The molecule has 1 aromatic heterocycles. The monoisotopic (exact) mass is 404 g/mol. The van der Waals surface area contributed by atoms with Crippen LogP contribution in [0.1, 0.15) is 76.7 Å². The second-order valence-corrected chi connectivity index (χ2v) is 6.00. The molecule has 0 aliphatic heterocycles. The maximum Gasteiger partial charge on any atom is 0.272 e. The van der Waals surface area contributed by atoms with Gasteiger partial charge in [-0.05, 0) is 24.5 Å². The quantitative estimate of drug-likeness (QED) is 0.339. The van der Waals surface area contributed by atoms with E-state index in [0.717, 1.165) is 5.82 Å². The minimum absolute atomic E-state index is 0. The van der Waals surface area contributed by atoms with Crippen LogP contribution in [0.4, 0.5) is 5.82 Å². The van der Waals surface area contributed by atoms with Crippen LogP contribution in [-0.2, 0) is 13.5 Å². The summed E-state index contributed by atoms with van der Waals surface area (Å²) < 4.78 is 1.96. The molecule has 0 bridgehead atoms. The van der Waals surface area contributed by atoms with Crippen LogP contribution in [0.25, 0.3) is 0 Å². The fourth-order valence-corrected chi connectivity index (χ4v) is 2.61. The van der Waals surface area contributed by atoms with E-state index in [1.807, 2.05) is 11.6 Å². The highest BCUT2D eigenvalue weighted by Gasteiger charge is 2.01. The highest BCUT2D eigenvalue weighted by atomic mass is 127. The molecule has 0 aliphatic rings. The molecule has 1 heterocycles. The van der Waals surface area contributed by atoms with Crippen LogP contribution in [0.15, 0.2) is 18.3 Å². The molecule has 0 fully saturated rings. The third-order valence-electron chi connectivity index (χ3n) is 4.07. The van der Waals surface area contributed by atoms with Gasteiger partial charge < -0.3 is 24.0 Å². The summed E-state index contributed by atoms with van der Waals surface area (Å²) in [5.74, 6) is 0.856. The van der Waals surface area contributed by atoms with Crippen molar-refractivity contribution in [1.82, 2.24) is 0 Å². The molecule has 1 aromatic rings. The molecule has 21 heavy (non-hydrogen) atoms. The second kappa shape index (κ2) is 13.4. The predicted octanol–water partition coefficient (Wildman–Crippen LogP) is 1.56. The number of pyridine rings is 1. The number of nitrogen functional groups attached to an aromatic ring is 1. The largest absolute Gasteiger partial charge is 1.00 e. The Labute approximate surface area is 148 Å². The molecule has 0 atom stereocenters. The Kier molecular flexibility index (Phi) is 13.1. The fourth-order valence-electron chi connectivity index (χ4n) is 2.61. The van der Waals surface area contributed by atoms with E-state index in [0.29, 0.717) is 0 Å². The molecule has 0 aromatic carbocycles. The zero-order valence-corrected chi connectivity index (χ0v) is 16.1. The summed E-state index contributed by atoms with van der Waals surface area (Å²) in [7, 11) is 1.99. The zero-order chi connectivity index (χ0) is 14.6. The van der Waals surface area contributed by atoms with E-state index < -0.39 is 0 Å². The van der Waals surface area contributed by atoms with Gasteiger partial charge in [-0.2, -0.15) is 0 Å². The van der Waals surface area contributed by atoms with Crippen LogP contribution >= 0.6 is 0 Å². The molecular weight excluding hydrogens is 371 g/mol. The number of halogens is 1. The van der Waals surface area contributed by atoms with Gasteiger partial charge in [-0.1, -0.05) is 64.7 Å². The Morgan fingerprint density at radius 2 is 1.43 bits per heavy atom. The summed E-state index contributed by atoms with van der Waals surface area (Å²) in [6.45, 7) is 2.28. The van der Waals surface area contributed by atoms with Crippen LogP contribution in [0, 0.1) is 0 Å². The van der Waals surface area contributed by atoms with Crippen molar-refractivity contribution in [2.75, 3.05) is 5.73 Å². The summed E-state index contributed by atoms with van der Waals surface area (Å²) in [6, 6.07) is 4.29. The Bertz CT molecular complexity index is 366. The third kappa shape index (κ3) is 10.1. The Balaban J connectivity index is 0.00000400. The van der Waals surface area contributed by atoms with Crippen molar-refractivity contribution >= 4 is 5.82 Å². The van der Waals surface area contributed by atoms with Gasteiger partial charge in [0.25, 0.3) is 5.82 Å². The van der Waals surface area contributed by atoms with E-state index in [9.17, 15) is 0 Å². The highest BCUT2D eigenvalue weighted by Crippen LogP contribution is 2.12. The fraction of sp³-hybridized carbons (Fsp3) is 0.722. The number of aromatic nitrogens is 1. The van der Waals surface area contributed by atoms with Gasteiger partial charge in [0.2, 0.25) is 0 Å². The topological polar surface area (TPSA) is 29.9 Å². The molecule has 0 saturated heterocycles. The van der Waals surface area contributed by atoms with Crippen molar-refractivity contribution in [3.8, 4) is 0 Å². The van der Waals surface area contributed by atoms with Gasteiger partial charge in [0.1, 0.15) is 0 Å². The van der Waals surface area contributed by atoms with Crippen LogP contribution in [0.3, 0.4) is 0 Å². The summed E-state index contributed by atoms with van der Waals surface area (Å²) in [4.78, 5) is 0. The molecule has 122 valence electrons. The van der Waals surface area contributed by atoms with Crippen LogP contribution < -0.4 is 34.3 Å². The van der Waals surface area contributed by atoms with Gasteiger partial charge >= 0.3 is 0 Å². The summed E-state index contributed by atoms with van der Waals surface area (Å²) in [5, 5.41) is 0. The normalized spacial score (nSPS) is 10.4. The number of rotatable bonds is 11. The third-order valence-corrected chi connectivity index (χ3v) is 4.07. The first-order chi connectivity index (χ1) is 9.74. The number of nitrogens with two attached hydrogens (primary N) is 1. The molecule has 0 unspecified atom stereocenters. The minimum atomic E-state index is 0. The van der Waals surface area contributed by atoms with E-state index in [1.54, 1.807) is 0 Å². The zero-order valence-electron chi connectivity index (χ0n) is 13.9. The number of hydrogen-bond donors (Lipinski definition) is 1. The first-order valence-electron chi connectivity index (χ1n) is 8.48. The lowest BCUT2D eigenvalue weighted by atomic mass is 10.0. The minimum Gasteiger partial charge on any atom is -1.00 e. The van der Waals surface area contributed by atoms with Gasteiger partial charge in [-0.3, -0.25) is 5.73 Å². The van der Waals surface area contributed by atoms with E-state index >= 15 is 0 Å². The number of aryl methyl sites for hydroxylation is 2. The maximum absolute atomic E-state index is 5.90. The average Bonchev–Trinajstić information content (AvgIpc) is 2.45. The predicted molar refractivity (Wildman–Crippen MR) is 87.6 cm³/mol. The number of hydrogen-bond acceptors (Lipinski definition) is 1. The first kappa shape index (κ1) is 20.7. The van der Waals surface area contributed by atoms with Gasteiger partial charge in [-0.25, -0.2) is 4.57 Å². The lowest BCUT2D eigenvalue weighted by Gasteiger charge is -2.04. The van der Waals surface area contributed by atoms with Crippen molar-refractivity contribution < 1.29 is 28.5 Å². The van der Waals surface area contributed by atoms with Crippen molar-refractivity contribution in [3.63, 3.8) is 0 Å². The maximum atomic E-state index is 5.90. The van der Waals surface area contributed by atoms with Crippen molar-refractivity contribution in [1.29, 1.82) is 0 Å². The number of unbranched alkanes of at least 4 members (excludes halogenated alkanes) is 9. The van der Waals surface area contributed by atoms with Gasteiger partial charge in [0.15, 0.2) is 0 Å². The molecule has 0 radical (unpaired) electrons. The SMILES string of the molecule is CCCCCCCCCCCCc1cc[n+](C)c(N)c1.[I-]. The van der Waals surface area contributed by atoms with Crippen LogP contribution in [-0.4, -0.2) is 0 Å². The molecule has 2 N–H and O–H groups in total. The molecule has 2 nitrogen and oxygen atoms in total. The standard InChI is InChI=1S/C18H32N2.HI/c1-3-4-5-6-7-8-9-10-11-12-13-17-14-15-20(2)18(19)16-17;/h14-16,19H,3-13H2,1-2H3;1H. The van der Waals surface area contributed by atoms with E-state index in [2.05, 4.69) is 25.3 Å². The number of anilines is 1. The highest BCUT2D eigenvalue weighted by molar-refractivity contribution is 5.26. The summed E-state index contributed by atoms with van der Waals surface area (Å²) in [6.07, 6.45) is 17.2. The van der Waals surface area contributed by atoms with Crippen molar-refractivity contribution in [2.45, 2.75) is 77.6 Å². The van der Waals surface area contributed by atoms with Gasteiger partial charge in [0, 0.05) is 6.07 Å². The van der Waals surface area contributed by atoms with E-state index in [-0.39, 0.29) is 24.0 Å². The Morgan fingerprint density at radius 3 is 1.95 bits per heavy atom. The number of nitrogens with zero attached hydrogens (tertiary/aromatic N) is 1. The van der Waals surface area contributed by atoms with E-state index in [1.165, 1.54) is 76.2 Å². The molecule has 3 heteroatoms. The van der Waals surface area contributed by atoms with Crippen molar-refractivity contribution in [2.24, 2.45) is 7.05 Å². The van der Waals surface area contributed by atoms with Gasteiger partial charge in [-0.15, -0.1) is 0 Å². The lowest BCUT2D eigenvalue weighted by Crippen LogP contribution is -3.00. The molecule has 0 saturated carbocycles. The first-order valence-corrected chi connectivity index (χ1v) is 8.48. The Morgan fingerprint density at radius 1 is 0.905 bits per heavy atom. The van der Waals surface area contributed by atoms with Gasteiger partial charge in [0.05, 0.1) is 13.2 Å². The molecular formula is C18H33IN2. The molecule has 0 spiro atoms. The smallest absolute Gasteiger partial charge is 0.272 e. The average molecular weight is 404 g/mol. The van der Waals surface area contributed by atoms with Crippen molar-refractivity contribution in [3.05, 3.63) is 23.9 Å². The summed E-state index contributed by atoms with van der Waals surface area (Å²) >= 11 is 0. The molecule has 1 rings (SSSR count). The molecule has 0 amide bonds. The molecule has 0 aliphatic carbocycles. The van der Waals surface area contributed by atoms with E-state index in [4.69, 9.17) is 5.73 Å². The summed E-state index contributed by atoms with van der Waals surface area (Å²) in [5.41, 5.74) is 7.28.